The molecule has 7 heteroatoms. The topological polar surface area (TPSA) is 74.6 Å². The van der Waals surface area contributed by atoms with Crippen molar-refractivity contribution in [3.05, 3.63) is 84.2 Å². The Hall–Kier alpha value is -4.00. The average molecular weight is 460 g/mol. The van der Waals surface area contributed by atoms with Crippen molar-refractivity contribution in [3.63, 3.8) is 0 Å². The molecule has 0 aliphatic carbocycles. The molecule has 0 bridgehead atoms. The van der Waals surface area contributed by atoms with Gasteiger partial charge in [0.1, 0.15) is 23.1 Å². The number of hydrogen-bond acceptors (Lipinski definition) is 5. The van der Waals surface area contributed by atoms with E-state index in [1.54, 1.807) is 26.4 Å². The van der Waals surface area contributed by atoms with E-state index in [2.05, 4.69) is 16.0 Å². The minimum atomic E-state index is -0.191. The van der Waals surface area contributed by atoms with Gasteiger partial charge in [0, 0.05) is 6.54 Å². The average Bonchev–Trinajstić information content (AvgIpc) is 3.24. The molecule has 176 valence electrons. The summed E-state index contributed by atoms with van der Waals surface area (Å²) in [6, 6.07) is 22.8. The minimum absolute atomic E-state index is 0.191. The first kappa shape index (κ1) is 23.2. The van der Waals surface area contributed by atoms with Crippen LogP contribution in [0.25, 0.3) is 11.0 Å². The summed E-state index contributed by atoms with van der Waals surface area (Å²) < 4.78 is 18.5. The number of unbranched alkanes of at least 4 members (excludes halogenated alkanes) is 1. The van der Waals surface area contributed by atoms with Gasteiger partial charge in [0.05, 0.1) is 44.0 Å². The zero-order chi connectivity index (χ0) is 23.8. The van der Waals surface area contributed by atoms with Gasteiger partial charge in [-0.1, -0.05) is 24.3 Å². The molecule has 0 saturated heterocycles. The lowest BCUT2D eigenvalue weighted by molar-refractivity contribution is 0.0946. The summed E-state index contributed by atoms with van der Waals surface area (Å²) in [5.74, 6) is 2.81. The first-order valence-electron chi connectivity index (χ1n) is 11.3. The molecule has 4 rings (SSSR count). The molecule has 0 spiro atoms. The molecule has 0 saturated carbocycles. The Morgan fingerprint density at radius 2 is 1.62 bits per heavy atom. The van der Waals surface area contributed by atoms with Gasteiger partial charge in [-0.25, -0.2) is 4.98 Å². The van der Waals surface area contributed by atoms with Crippen LogP contribution in [0.1, 0.15) is 29.0 Å². The highest BCUT2D eigenvalue weighted by molar-refractivity contribution is 5.96. The fourth-order valence-electron chi connectivity index (χ4n) is 3.83. The van der Waals surface area contributed by atoms with Gasteiger partial charge in [0.15, 0.2) is 0 Å². The first-order chi connectivity index (χ1) is 16.7. The summed E-state index contributed by atoms with van der Waals surface area (Å²) in [6.07, 6.45) is 1.81. The normalized spacial score (nSPS) is 10.8. The van der Waals surface area contributed by atoms with E-state index < -0.39 is 0 Å². The van der Waals surface area contributed by atoms with Crippen LogP contribution in [0, 0.1) is 0 Å². The van der Waals surface area contributed by atoms with Crippen LogP contribution < -0.4 is 19.5 Å². The molecule has 1 amide bonds. The lowest BCUT2D eigenvalue weighted by Crippen LogP contribution is -2.25. The second-order valence-electron chi connectivity index (χ2n) is 7.78. The van der Waals surface area contributed by atoms with Gasteiger partial charge in [-0.15, -0.1) is 0 Å². The van der Waals surface area contributed by atoms with Crippen molar-refractivity contribution in [2.75, 3.05) is 20.8 Å². The Morgan fingerprint density at radius 3 is 2.41 bits per heavy atom. The molecule has 0 radical (unpaired) electrons. The van der Waals surface area contributed by atoms with Gasteiger partial charge in [0.25, 0.3) is 5.91 Å². The third-order valence-electron chi connectivity index (χ3n) is 5.60. The Morgan fingerprint density at radius 1 is 0.882 bits per heavy atom. The van der Waals surface area contributed by atoms with E-state index in [9.17, 15) is 4.79 Å². The van der Waals surface area contributed by atoms with E-state index in [1.807, 2.05) is 54.6 Å². The maximum atomic E-state index is 12.7. The number of benzene rings is 3. The number of carbonyl (C=O) groups excluding carboxylic acids is 1. The maximum absolute atomic E-state index is 12.7. The molecule has 34 heavy (non-hydrogen) atoms. The van der Waals surface area contributed by atoms with Crippen molar-refractivity contribution in [1.82, 2.24) is 14.9 Å². The number of ether oxygens (including phenoxy) is 3. The van der Waals surface area contributed by atoms with E-state index in [-0.39, 0.29) is 5.91 Å². The predicted octanol–water partition coefficient (Wildman–Crippen LogP) is 4.84. The van der Waals surface area contributed by atoms with Crippen molar-refractivity contribution < 1.29 is 19.0 Å². The van der Waals surface area contributed by atoms with E-state index in [0.29, 0.717) is 24.5 Å². The monoisotopic (exact) mass is 459 g/mol. The van der Waals surface area contributed by atoms with Crippen LogP contribution in [0.5, 0.6) is 17.2 Å². The minimum Gasteiger partial charge on any atom is -0.497 e. The number of nitrogens with zero attached hydrogens (tertiary/aromatic N) is 2. The molecule has 4 aromatic rings. The number of rotatable bonds is 11. The summed E-state index contributed by atoms with van der Waals surface area (Å²) in [5.41, 5.74) is 2.47. The van der Waals surface area contributed by atoms with E-state index in [4.69, 9.17) is 19.2 Å². The van der Waals surface area contributed by atoms with E-state index in [0.717, 1.165) is 47.7 Å². The number of fused-ring (bicyclic) bond motifs is 1. The largest absolute Gasteiger partial charge is 0.497 e. The number of methoxy groups -OCH3 is 2. The SMILES string of the molecule is COc1ccc(OCCCCn2c(CNC(=O)c3ccccc3OC)nc3ccccc32)cc1. The van der Waals surface area contributed by atoms with Crippen molar-refractivity contribution in [3.8, 4) is 17.2 Å². The number of carbonyl (C=O) groups is 1. The predicted molar refractivity (Wildman–Crippen MR) is 132 cm³/mol. The van der Waals surface area contributed by atoms with Crippen LogP contribution in [-0.2, 0) is 13.1 Å². The Balaban J connectivity index is 1.37. The molecule has 7 nitrogen and oxygen atoms in total. The lowest BCUT2D eigenvalue weighted by atomic mass is 10.2. The van der Waals surface area contributed by atoms with Crippen LogP contribution in [0.2, 0.25) is 0 Å². The van der Waals surface area contributed by atoms with Gasteiger partial charge in [-0.3, -0.25) is 4.79 Å². The van der Waals surface area contributed by atoms with Crippen molar-refractivity contribution in [2.45, 2.75) is 25.9 Å². The Labute approximate surface area is 199 Å². The standard InChI is InChI=1S/C27H29N3O4/c1-32-20-13-15-21(16-14-20)34-18-8-7-17-30-24-11-5-4-10-23(24)29-26(30)19-28-27(31)22-9-3-6-12-25(22)33-2/h3-6,9-16H,7-8,17-19H2,1-2H3,(H,28,31). The third kappa shape index (κ3) is 5.49. The number of para-hydroxylation sites is 3. The number of hydrogen-bond donors (Lipinski definition) is 1. The summed E-state index contributed by atoms with van der Waals surface area (Å²) in [4.78, 5) is 17.5. The molecule has 0 fully saturated rings. The molecular weight excluding hydrogens is 430 g/mol. The van der Waals surface area contributed by atoms with Crippen molar-refractivity contribution in [2.24, 2.45) is 0 Å². The van der Waals surface area contributed by atoms with Crippen molar-refractivity contribution in [1.29, 1.82) is 0 Å². The van der Waals surface area contributed by atoms with Gasteiger partial charge >= 0.3 is 0 Å². The summed E-state index contributed by atoms with van der Waals surface area (Å²) in [6.45, 7) is 1.74. The van der Waals surface area contributed by atoms with E-state index >= 15 is 0 Å². The smallest absolute Gasteiger partial charge is 0.255 e. The number of amides is 1. The fraction of sp³-hybridized carbons (Fsp3) is 0.259. The zero-order valence-corrected chi connectivity index (χ0v) is 19.5. The van der Waals surface area contributed by atoms with Crippen LogP contribution in [0.3, 0.4) is 0 Å². The van der Waals surface area contributed by atoms with Gasteiger partial charge in [-0.05, 0) is 61.4 Å². The summed E-state index contributed by atoms with van der Waals surface area (Å²) in [5, 5.41) is 2.99. The summed E-state index contributed by atoms with van der Waals surface area (Å²) in [7, 11) is 3.21. The number of aromatic nitrogens is 2. The van der Waals surface area contributed by atoms with Gasteiger partial charge in [-0.2, -0.15) is 0 Å². The highest BCUT2D eigenvalue weighted by Gasteiger charge is 2.14. The molecule has 3 aromatic carbocycles. The first-order valence-corrected chi connectivity index (χ1v) is 11.3. The molecule has 0 aliphatic heterocycles. The molecular formula is C27H29N3O4. The van der Waals surface area contributed by atoms with Crippen LogP contribution in [0.15, 0.2) is 72.8 Å². The number of imidazole rings is 1. The van der Waals surface area contributed by atoms with Gasteiger partial charge < -0.3 is 24.1 Å². The van der Waals surface area contributed by atoms with E-state index in [1.165, 1.54) is 0 Å². The summed E-state index contributed by atoms with van der Waals surface area (Å²) >= 11 is 0. The molecule has 0 unspecified atom stereocenters. The maximum Gasteiger partial charge on any atom is 0.255 e. The van der Waals surface area contributed by atoms with Crippen LogP contribution in [-0.4, -0.2) is 36.3 Å². The number of nitrogens with one attached hydrogen (secondary N) is 1. The lowest BCUT2D eigenvalue weighted by Gasteiger charge is -2.12. The van der Waals surface area contributed by atoms with Crippen LogP contribution >= 0.6 is 0 Å². The molecule has 0 atom stereocenters. The second kappa shape index (κ2) is 11.2. The molecule has 1 aromatic heterocycles. The fourth-order valence-corrected chi connectivity index (χ4v) is 3.83. The highest BCUT2D eigenvalue weighted by Crippen LogP contribution is 2.20. The molecule has 1 heterocycles. The van der Waals surface area contributed by atoms with Gasteiger partial charge in [0.2, 0.25) is 0 Å². The third-order valence-corrected chi connectivity index (χ3v) is 5.60. The van der Waals surface area contributed by atoms with Crippen molar-refractivity contribution >= 4 is 16.9 Å². The second-order valence-corrected chi connectivity index (χ2v) is 7.78. The molecule has 1 N–H and O–H groups in total. The Bertz CT molecular complexity index is 1230. The zero-order valence-electron chi connectivity index (χ0n) is 19.5. The highest BCUT2D eigenvalue weighted by atomic mass is 16.5. The quantitative estimate of drug-likeness (QED) is 0.325. The number of aryl methyl sites for hydroxylation is 1. The van der Waals surface area contributed by atoms with Crippen LogP contribution in [0.4, 0.5) is 0 Å². The molecule has 0 aliphatic rings. The Kier molecular flexibility index (Phi) is 7.65.